The summed E-state index contributed by atoms with van der Waals surface area (Å²) in [4.78, 5) is 23.5. The van der Waals surface area contributed by atoms with Gasteiger partial charge in [-0.05, 0) is 32.4 Å². The SMILES string of the molecule is O=C([C@@H]1CSCCS1)N(Cc1cncnc1)[C@H]1CCCNCC1. The second-order valence-corrected chi connectivity index (χ2v) is 8.44. The Balaban J connectivity index is 1.75. The molecule has 3 heterocycles. The molecule has 23 heavy (non-hydrogen) atoms. The predicted octanol–water partition coefficient (Wildman–Crippen LogP) is 1.80. The average Bonchev–Trinajstić information content (AvgIpc) is 2.90. The Morgan fingerprint density at radius 3 is 2.91 bits per heavy atom. The molecule has 5 nitrogen and oxygen atoms in total. The minimum atomic E-state index is 0.106. The van der Waals surface area contributed by atoms with Gasteiger partial charge < -0.3 is 10.2 Å². The van der Waals surface area contributed by atoms with Crippen LogP contribution in [0.25, 0.3) is 0 Å². The number of hydrogen-bond acceptors (Lipinski definition) is 6. The average molecular weight is 353 g/mol. The Labute approximate surface area is 146 Å². The predicted molar refractivity (Wildman–Crippen MR) is 96.7 cm³/mol. The topological polar surface area (TPSA) is 58.1 Å². The van der Waals surface area contributed by atoms with Crippen molar-refractivity contribution in [1.29, 1.82) is 0 Å². The number of nitrogens with one attached hydrogen (secondary N) is 1. The fraction of sp³-hybridized carbons (Fsp3) is 0.688. The highest BCUT2D eigenvalue weighted by Gasteiger charge is 2.31. The van der Waals surface area contributed by atoms with E-state index in [0.29, 0.717) is 18.5 Å². The number of thioether (sulfide) groups is 2. The van der Waals surface area contributed by atoms with Gasteiger partial charge in [-0.25, -0.2) is 9.97 Å². The van der Waals surface area contributed by atoms with Crippen LogP contribution in [-0.2, 0) is 11.3 Å². The van der Waals surface area contributed by atoms with Gasteiger partial charge in [0.05, 0.1) is 5.25 Å². The molecule has 3 rings (SSSR count). The molecule has 0 aliphatic carbocycles. The monoisotopic (exact) mass is 352 g/mol. The second-order valence-electron chi connectivity index (χ2n) is 5.98. The van der Waals surface area contributed by atoms with Crippen LogP contribution in [0.1, 0.15) is 24.8 Å². The molecule has 1 amide bonds. The lowest BCUT2D eigenvalue weighted by atomic mass is 10.1. The number of rotatable bonds is 4. The number of hydrogen-bond donors (Lipinski definition) is 1. The molecule has 1 N–H and O–H groups in total. The Hall–Kier alpha value is -0.790. The maximum Gasteiger partial charge on any atom is 0.237 e. The first kappa shape index (κ1) is 17.0. The molecule has 2 saturated heterocycles. The minimum absolute atomic E-state index is 0.106. The summed E-state index contributed by atoms with van der Waals surface area (Å²) in [7, 11) is 0. The lowest BCUT2D eigenvalue weighted by Crippen LogP contribution is -2.46. The summed E-state index contributed by atoms with van der Waals surface area (Å²) < 4.78 is 0. The zero-order valence-electron chi connectivity index (χ0n) is 13.3. The second kappa shape index (κ2) is 8.89. The highest BCUT2D eigenvalue weighted by Crippen LogP contribution is 2.28. The third-order valence-electron chi connectivity index (χ3n) is 4.33. The van der Waals surface area contributed by atoms with Crippen LogP contribution in [0.15, 0.2) is 18.7 Å². The molecule has 1 aromatic rings. The van der Waals surface area contributed by atoms with E-state index in [9.17, 15) is 4.79 Å². The molecule has 126 valence electrons. The first-order valence-corrected chi connectivity index (χ1v) is 10.5. The maximum atomic E-state index is 13.1. The van der Waals surface area contributed by atoms with Crippen molar-refractivity contribution in [2.45, 2.75) is 37.1 Å². The first-order chi connectivity index (χ1) is 11.3. The number of carbonyl (C=O) groups excluding carboxylic acids is 1. The highest BCUT2D eigenvalue weighted by atomic mass is 32.2. The molecule has 0 bridgehead atoms. The Bertz CT molecular complexity index is 488. The van der Waals surface area contributed by atoms with Gasteiger partial charge in [0.1, 0.15) is 6.33 Å². The molecule has 0 radical (unpaired) electrons. The van der Waals surface area contributed by atoms with Crippen molar-refractivity contribution in [2.24, 2.45) is 0 Å². The molecule has 0 spiro atoms. The zero-order chi connectivity index (χ0) is 15.9. The molecule has 2 aliphatic rings. The van der Waals surface area contributed by atoms with Crippen molar-refractivity contribution in [2.75, 3.05) is 30.3 Å². The first-order valence-electron chi connectivity index (χ1n) is 8.29. The van der Waals surface area contributed by atoms with E-state index in [1.54, 1.807) is 6.33 Å². The molecular formula is C16H24N4OS2. The summed E-state index contributed by atoms with van der Waals surface area (Å²) in [6.45, 7) is 2.68. The van der Waals surface area contributed by atoms with Crippen molar-refractivity contribution in [3.8, 4) is 0 Å². The molecule has 1 aromatic heterocycles. The van der Waals surface area contributed by atoms with E-state index in [-0.39, 0.29) is 5.25 Å². The molecule has 0 saturated carbocycles. The molecule has 2 fully saturated rings. The Kier molecular flexibility index (Phi) is 6.59. The van der Waals surface area contributed by atoms with E-state index in [1.807, 2.05) is 35.9 Å². The fourth-order valence-electron chi connectivity index (χ4n) is 3.12. The minimum Gasteiger partial charge on any atom is -0.334 e. The lowest BCUT2D eigenvalue weighted by molar-refractivity contribution is -0.133. The van der Waals surface area contributed by atoms with Crippen LogP contribution >= 0.6 is 23.5 Å². The van der Waals surface area contributed by atoms with Gasteiger partial charge in [-0.3, -0.25) is 4.79 Å². The summed E-state index contributed by atoms with van der Waals surface area (Å²) in [5.74, 6) is 3.48. The molecule has 0 aromatic carbocycles. The van der Waals surface area contributed by atoms with Gasteiger partial charge in [-0.15, -0.1) is 11.8 Å². The van der Waals surface area contributed by atoms with Crippen LogP contribution in [0, 0.1) is 0 Å². The largest absolute Gasteiger partial charge is 0.334 e. The summed E-state index contributed by atoms with van der Waals surface area (Å²) in [5, 5.41) is 3.55. The van der Waals surface area contributed by atoms with Gasteiger partial charge >= 0.3 is 0 Å². The lowest BCUT2D eigenvalue weighted by Gasteiger charge is -2.34. The van der Waals surface area contributed by atoms with Crippen molar-refractivity contribution in [3.63, 3.8) is 0 Å². The highest BCUT2D eigenvalue weighted by molar-refractivity contribution is 8.07. The van der Waals surface area contributed by atoms with Gasteiger partial charge in [0.25, 0.3) is 0 Å². The van der Waals surface area contributed by atoms with Gasteiger partial charge in [-0.1, -0.05) is 0 Å². The van der Waals surface area contributed by atoms with E-state index in [2.05, 4.69) is 20.2 Å². The summed E-state index contributed by atoms with van der Waals surface area (Å²) in [5.41, 5.74) is 1.02. The molecular weight excluding hydrogens is 328 g/mol. The van der Waals surface area contributed by atoms with E-state index in [0.717, 1.165) is 55.2 Å². The number of nitrogens with zero attached hydrogens (tertiary/aromatic N) is 3. The fourth-order valence-corrected chi connectivity index (χ4v) is 5.74. The third kappa shape index (κ3) is 4.84. The standard InChI is InChI=1S/C16H24N4OS2/c21-16(15-11-22-6-7-23-15)20(10-13-8-18-12-19-9-13)14-2-1-4-17-5-3-14/h8-9,12,14-15,17H,1-7,10-11H2/t14-,15-/m0/s1. The van der Waals surface area contributed by atoms with Crippen molar-refractivity contribution in [3.05, 3.63) is 24.3 Å². The summed E-state index contributed by atoms with van der Waals surface area (Å²) in [6.07, 6.45) is 8.43. The Morgan fingerprint density at radius 2 is 2.13 bits per heavy atom. The van der Waals surface area contributed by atoms with Gasteiger partial charge in [-0.2, -0.15) is 11.8 Å². The molecule has 0 unspecified atom stereocenters. The smallest absolute Gasteiger partial charge is 0.237 e. The number of aromatic nitrogens is 2. The maximum absolute atomic E-state index is 13.1. The van der Waals surface area contributed by atoms with Crippen LogP contribution in [-0.4, -0.2) is 62.4 Å². The van der Waals surface area contributed by atoms with Crippen molar-refractivity contribution in [1.82, 2.24) is 20.2 Å². The van der Waals surface area contributed by atoms with E-state index in [1.165, 1.54) is 0 Å². The number of amides is 1. The van der Waals surface area contributed by atoms with Crippen molar-refractivity contribution < 1.29 is 4.79 Å². The van der Waals surface area contributed by atoms with Crippen LogP contribution in [0.3, 0.4) is 0 Å². The van der Waals surface area contributed by atoms with Crippen LogP contribution in [0.5, 0.6) is 0 Å². The third-order valence-corrected chi connectivity index (χ3v) is 7.07. The van der Waals surface area contributed by atoms with E-state index < -0.39 is 0 Å². The quantitative estimate of drug-likeness (QED) is 0.892. The van der Waals surface area contributed by atoms with Crippen molar-refractivity contribution >= 4 is 29.4 Å². The number of carbonyl (C=O) groups is 1. The molecule has 2 aliphatic heterocycles. The zero-order valence-corrected chi connectivity index (χ0v) is 15.0. The van der Waals surface area contributed by atoms with Gasteiger partial charge in [0.15, 0.2) is 0 Å². The summed E-state index contributed by atoms with van der Waals surface area (Å²) in [6, 6.07) is 0.324. The van der Waals surface area contributed by atoms with Crippen LogP contribution < -0.4 is 5.32 Å². The van der Waals surface area contributed by atoms with E-state index in [4.69, 9.17) is 0 Å². The van der Waals surface area contributed by atoms with Gasteiger partial charge in [0, 0.05) is 47.8 Å². The molecule has 2 atom stereocenters. The Morgan fingerprint density at radius 1 is 1.26 bits per heavy atom. The van der Waals surface area contributed by atoms with Crippen LogP contribution in [0.4, 0.5) is 0 Å². The normalized spacial score (nSPS) is 25.6. The van der Waals surface area contributed by atoms with Crippen LogP contribution in [0.2, 0.25) is 0 Å². The van der Waals surface area contributed by atoms with E-state index >= 15 is 0 Å². The summed E-state index contributed by atoms with van der Waals surface area (Å²) >= 11 is 3.72. The van der Waals surface area contributed by atoms with Gasteiger partial charge in [0.2, 0.25) is 5.91 Å². The molecule has 7 heteroatoms.